The molecule has 0 radical (unpaired) electrons. The van der Waals surface area contributed by atoms with Crippen molar-refractivity contribution < 1.29 is 14.1 Å². The molecule has 1 fully saturated rings. The molecule has 0 aromatic carbocycles. The molecule has 7 heteroatoms. The second-order valence-electron chi connectivity index (χ2n) is 6.35. The third-order valence-corrected chi connectivity index (χ3v) is 3.19. The van der Waals surface area contributed by atoms with Gasteiger partial charge in [0.05, 0.1) is 0 Å². The zero-order valence-corrected chi connectivity index (χ0v) is 13.2. The second kappa shape index (κ2) is 6.43. The van der Waals surface area contributed by atoms with Gasteiger partial charge in [-0.3, -0.25) is 0 Å². The number of nitrogens with one attached hydrogen (secondary N) is 1. The number of aromatic nitrogens is 2. The molecule has 1 N–H and O–H groups in total. The zero-order chi connectivity index (χ0) is 15.5. The van der Waals surface area contributed by atoms with Crippen LogP contribution in [0.4, 0.5) is 4.79 Å². The first-order valence-corrected chi connectivity index (χ1v) is 7.34. The fourth-order valence-corrected chi connectivity index (χ4v) is 2.25. The van der Waals surface area contributed by atoms with Gasteiger partial charge in [0.15, 0.2) is 5.82 Å². The van der Waals surface area contributed by atoms with E-state index in [0.717, 1.165) is 25.9 Å². The molecule has 118 valence electrons. The van der Waals surface area contributed by atoms with E-state index in [4.69, 9.17) is 9.26 Å². The lowest BCUT2D eigenvalue weighted by Crippen LogP contribution is -2.38. The number of amides is 1. The van der Waals surface area contributed by atoms with Crippen LogP contribution in [0.25, 0.3) is 0 Å². The van der Waals surface area contributed by atoms with Crippen molar-refractivity contribution >= 4 is 6.09 Å². The third-order valence-electron chi connectivity index (χ3n) is 3.19. The fourth-order valence-electron chi connectivity index (χ4n) is 2.25. The molecule has 1 unspecified atom stereocenters. The molecule has 7 nitrogen and oxygen atoms in total. The van der Waals surface area contributed by atoms with Gasteiger partial charge >= 0.3 is 6.09 Å². The van der Waals surface area contributed by atoms with Crippen LogP contribution in [0.5, 0.6) is 0 Å². The van der Waals surface area contributed by atoms with Crippen LogP contribution in [-0.2, 0) is 11.2 Å². The highest BCUT2D eigenvalue weighted by atomic mass is 16.6. The van der Waals surface area contributed by atoms with Gasteiger partial charge in [0.2, 0.25) is 5.89 Å². The Morgan fingerprint density at radius 1 is 1.52 bits per heavy atom. The topological polar surface area (TPSA) is 80.5 Å². The molecule has 0 spiro atoms. The van der Waals surface area contributed by atoms with Crippen molar-refractivity contribution in [2.75, 3.05) is 19.6 Å². The molecule has 2 heterocycles. The number of hydrogen-bond acceptors (Lipinski definition) is 6. The van der Waals surface area contributed by atoms with Crippen molar-refractivity contribution in [1.29, 1.82) is 0 Å². The Kier molecular flexibility index (Phi) is 4.82. The Hall–Kier alpha value is -1.63. The van der Waals surface area contributed by atoms with Gasteiger partial charge < -0.3 is 19.5 Å². The van der Waals surface area contributed by atoms with Crippen molar-refractivity contribution in [3.8, 4) is 0 Å². The van der Waals surface area contributed by atoms with Crippen molar-refractivity contribution in [2.24, 2.45) is 0 Å². The van der Waals surface area contributed by atoms with Crippen molar-refractivity contribution in [1.82, 2.24) is 20.4 Å². The van der Waals surface area contributed by atoms with Gasteiger partial charge in [0.1, 0.15) is 5.60 Å². The van der Waals surface area contributed by atoms with Crippen LogP contribution >= 0.6 is 0 Å². The van der Waals surface area contributed by atoms with Gasteiger partial charge in [-0.05, 0) is 27.2 Å². The standard InChI is InChI=1S/C14H24N4O3/c1-10-16-12(17-21-10)5-7-15-11-6-8-18(9-11)13(19)20-14(2,3)4/h11,15H,5-9H2,1-4H3. The minimum Gasteiger partial charge on any atom is -0.444 e. The first-order chi connectivity index (χ1) is 9.83. The fraction of sp³-hybridized carbons (Fsp3) is 0.786. The number of rotatable bonds is 4. The molecule has 2 rings (SSSR count). The molecule has 1 amide bonds. The molecule has 1 aliphatic heterocycles. The van der Waals surface area contributed by atoms with E-state index >= 15 is 0 Å². The Morgan fingerprint density at radius 3 is 2.90 bits per heavy atom. The second-order valence-corrected chi connectivity index (χ2v) is 6.35. The average Bonchev–Trinajstić information content (AvgIpc) is 2.97. The average molecular weight is 296 g/mol. The van der Waals surface area contributed by atoms with E-state index in [1.807, 2.05) is 20.8 Å². The van der Waals surface area contributed by atoms with E-state index in [-0.39, 0.29) is 6.09 Å². The van der Waals surface area contributed by atoms with Crippen molar-refractivity contribution in [2.45, 2.75) is 52.2 Å². The molecule has 1 aromatic rings. The molecule has 21 heavy (non-hydrogen) atoms. The van der Waals surface area contributed by atoms with Crippen molar-refractivity contribution in [3.05, 3.63) is 11.7 Å². The molecule has 0 aliphatic carbocycles. The quantitative estimate of drug-likeness (QED) is 0.907. The number of carbonyl (C=O) groups excluding carboxylic acids is 1. The van der Waals surface area contributed by atoms with Crippen LogP contribution in [0, 0.1) is 6.92 Å². The summed E-state index contributed by atoms with van der Waals surface area (Å²) in [7, 11) is 0. The molecular formula is C14H24N4O3. The SMILES string of the molecule is Cc1nc(CCNC2CCN(C(=O)OC(C)(C)C)C2)no1. The highest BCUT2D eigenvalue weighted by Gasteiger charge is 2.29. The van der Waals surface area contributed by atoms with Crippen LogP contribution in [0.1, 0.15) is 38.9 Å². The van der Waals surface area contributed by atoms with Gasteiger partial charge in [-0.2, -0.15) is 4.98 Å². The highest BCUT2D eigenvalue weighted by molar-refractivity contribution is 5.68. The number of likely N-dealkylation sites (tertiary alicyclic amines) is 1. The number of aryl methyl sites for hydroxylation is 1. The summed E-state index contributed by atoms with van der Waals surface area (Å²) in [5.74, 6) is 1.30. The van der Waals surface area contributed by atoms with Crippen LogP contribution in [0.3, 0.4) is 0 Å². The predicted octanol–water partition coefficient (Wildman–Crippen LogP) is 1.52. The summed E-state index contributed by atoms with van der Waals surface area (Å²) in [6.07, 6.45) is 1.42. The third kappa shape index (κ3) is 5.00. The normalized spacial score (nSPS) is 19.0. The van der Waals surface area contributed by atoms with Crippen LogP contribution in [0.2, 0.25) is 0 Å². The van der Waals surface area contributed by atoms with Gasteiger partial charge in [-0.1, -0.05) is 5.16 Å². The van der Waals surface area contributed by atoms with Crippen LogP contribution in [0.15, 0.2) is 4.52 Å². The monoisotopic (exact) mass is 296 g/mol. The lowest BCUT2D eigenvalue weighted by Gasteiger charge is -2.24. The van der Waals surface area contributed by atoms with E-state index in [2.05, 4.69) is 15.5 Å². The lowest BCUT2D eigenvalue weighted by atomic mass is 10.2. The molecule has 1 aromatic heterocycles. The smallest absolute Gasteiger partial charge is 0.410 e. The Bertz CT molecular complexity index is 481. The largest absolute Gasteiger partial charge is 0.444 e. The highest BCUT2D eigenvalue weighted by Crippen LogP contribution is 2.15. The van der Waals surface area contributed by atoms with E-state index in [1.54, 1.807) is 11.8 Å². The predicted molar refractivity (Wildman–Crippen MR) is 77.0 cm³/mol. The number of carbonyl (C=O) groups is 1. The Balaban J connectivity index is 1.69. The van der Waals surface area contributed by atoms with E-state index in [0.29, 0.717) is 24.3 Å². The molecule has 0 bridgehead atoms. The summed E-state index contributed by atoms with van der Waals surface area (Å²) in [6, 6.07) is 0.297. The molecule has 1 saturated heterocycles. The van der Waals surface area contributed by atoms with Gasteiger partial charge in [0, 0.05) is 39.0 Å². The minimum atomic E-state index is -0.445. The van der Waals surface area contributed by atoms with Gasteiger partial charge in [-0.15, -0.1) is 0 Å². The van der Waals surface area contributed by atoms with E-state index < -0.39 is 5.60 Å². The summed E-state index contributed by atoms with van der Waals surface area (Å²) >= 11 is 0. The molecule has 0 saturated carbocycles. The first-order valence-electron chi connectivity index (χ1n) is 7.34. The summed E-state index contributed by atoms with van der Waals surface area (Å²) in [6.45, 7) is 9.59. The summed E-state index contributed by atoms with van der Waals surface area (Å²) in [5.41, 5.74) is -0.445. The summed E-state index contributed by atoms with van der Waals surface area (Å²) < 4.78 is 10.3. The summed E-state index contributed by atoms with van der Waals surface area (Å²) in [5, 5.41) is 7.27. The number of nitrogens with zero attached hydrogens (tertiary/aromatic N) is 3. The molecule has 1 atom stereocenters. The summed E-state index contributed by atoms with van der Waals surface area (Å²) in [4.78, 5) is 17.9. The number of ether oxygens (including phenoxy) is 1. The lowest BCUT2D eigenvalue weighted by molar-refractivity contribution is 0.0291. The van der Waals surface area contributed by atoms with Crippen LogP contribution in [-0.4, -0.2) is 52.4 Å². The molecule has 1 aliphatic rings. The maximum Gasteiger partial charge on any atom is 0.410 e. The van der Waals surface area contributed by atoms with Gasteiger partial charge in [-0.25, -0.2) is 4.79 Å². The van der Waals surface area contributed by atoms with E-state index in [1.165, 1.54) is 0 Å². The number of hydrogen-bond donors (Lipinski definition) is 1. The maximum atomic E-state index is 11.9. The van der Waals surface area contributed by atoms with Gasteiger partial charge in [0.25, 0.3) is 0 Å². The first kappa shape index (κ1) is 15.8. The minimum absolute atomic E-state index is 0.236. The van der Waals surface area contributed by atoms with E-state index in [9.17, 15) is 4.79 Å². The van der Waals surface area contributed by atoms with Crippen LogP contribution < -0.4 is 5.32 Å². The van der Waals surface area contributed by atoms with Crippen molar-refractivity contribution in [3.63, 3.8) is 0 Å². The Labute approximate surface area is 125 Å². The Morgan fingerprint density at radius 2 is 2.29 bits per heavy atom. The maximum absolute atomic E-state index is 11.9. The zero-order valence-electron chi connectivity index (χ0n) is 13.2. The molecular weight excluding hydrogens is 272 g/mol.